The second-order valence-electron chi connectivity index (χ2n) is 4.54. The summed E-state index contributed by atoms with van der Waals surface area (Å²) in [7, 11) is 0. The molecule has 1 N–H and O–H groups in total. The number of allylic oxidation sites excluding steroid dienone is 1. The molecule has 1 unspecified atom stereocenters. The van der Waals surface area contributed by atoms with Crippen LogP contribution in [0.3, 0.4) is 0 Å². The van der Waals surface area contributed by atoms with Crippen LogP contribution in [0.25, 0.3) is 0 Å². The molecule has 98 valence electrons. The van der Waals surface area contributed by atoms with Gasteiger partial charge in [-0.05, 0) is 31.3 Å². The minimum atomic E-state index is -0.327. The summed E-state index contributed by atoms with van der Waals surface area (Å²) in [5, 5.41) is 10.0. The van der Waals surface area contributed by atoms with Crippen LogP contribution in [0.15, 0.2) is 22.6 Å². The van der Waals surface area contributed by atoms with E-state index in [2.05, 4.69) is 39.2 Å². The second-order valence-corrected chi connectivity index (χ2v) is 4.54. The van der Waals surface area contributed by atoms with Crippen molar-refractivity contribution in [3.63, 3.8) is 0 Å². The van der Waals surface area contributed by atoms with Crippen molar-refractivity contribution in [3.05, 3.63) is 22.6 Å². The SMILES string of the molecule is CCCC(=C=C=C(CCC)C(O)CCC)CC. The van der Waals surface area contributed by atoms with Crippen LogP contribution >= 0.6 is 0 Å². The molecule has 0 aliphatic rings. The fourth-order valence-electron chi connectivity index (χ4n) is 1.83. The van der Waals surface area contributed by atoms with Gasteiger partial charge in [-0.15, -0.1) is 0 Å². The minimum Gasteiger partial charge on any atom is -0.388 e. The van der Waals surface area contributed by atoms with Gasteiger partial charge in [0.15, 0.2) is 0 Å². The molecule has 0 saturated carbocycles. The Bertz CT molecular complexity index is 289. The van der Waals surface area contributed by atoms with E-state index in [0.29, 0.717) is 0 Å². The largest absolute Gasteiger partial charge is 0.388 e. The number of hydrogen-bond donors (Lipinski definition) is 1. The molecule has 0 rings (SSSR count). The Kier molecular flexibility index (Phi) is 9.96. The maximum absolute atomic E-state index is 10.0. The van der Waals surface area contributed by atoms with Crippen molar-refractivity contribution in [3.8, 4) is 0 Å². The van der Waals surface area contributed by atoms with Crippen LogP contribution in [0.5, 0.6) is 0 Å². The van der Waals surface area contributed by atoms with Crippen LogP contribution < -0.4 is 0 Å². The Morgan fingerprint density at radius 1 is 0.941 bits per heavy atom. The first-order valence-corrected chi connectivity index (χ1v) is 7.09. The Balaban J connectivity index is 5.05. The van der Waals surface area contributed by atoms with Gasteiger partial charge in [-0.3, -0.25) is 0 Å². The molecule has 0 fully saturated rings. The number of hydrogen-bond acceptors (Lipinski definition) is 1. The van der Waals surface area contributed by atoms with Crippen LogP contribution in [0.2, 0.25) is 0 Å². The van der Waals surface area contributed by atoms with E-state index in [9.17, 15) is 5.11 Å². The number of aliphatic hydroxyl groups is 1. The molecule has 1 nitrogen and oxygen atoms in total. The molecule has 0 heterocycles. The molecule has 0 aromatic carbocycles. The number of rotatable bonds is 8. The van der Waals surface area contributed by atoms with Gasteiger partial charge < -0.3 is 5.11 Å². The van der Waals surface area contributed by atoms with E-state index in [1.165, 1.54) is 5.57 Å². The van der Waals surface area contributed by atoms with Gasteiger partial charge in [0.25, 0.3) is 0 Å². The highest BCUT2D eigenvalue weighted by Crippen LogP contribution is 2.14. The van der Waals surface area contributed by atoms with Crippen LogP contribution in [0.1, 0.15) is 72.6 Å². The Hall–Kier alpha value is -0.740. The monoisotopic (exact) mass is 236 g/mol. The maximum atomic E-state index is 10.0. The predicted molar refractivity (Wildman–Crippen MR) is 75.1 cm³/mol. The second kappa shape index (κ2) is 10.4. The first-order valence-electron chi connectivity index (χ1n) is 7.09. The average molecular weight is 236 g/mol. The van der Waals surface area contributed by atoms with E-state index < -0.39 is 0 Å². The Morgan fingerprint density at radius 2 is 1.59 bits per heavy atom. The molecule has 1 atom stereocenters. The molecule has 0 saturated heterocycles. The zero-order chi connectivity index (χ0) is 13.1. The van der Waals surface area contributed by atoms with Gasteiger partial charge in [0.05, 0.1) is 6.10 Å². The van der Waals surface area contributed by atoms with Gasteiger partial charge >= 0.3 is 0 Å². The highest BCUT2D eigenvalue weighted by Gasteiger charge is 2.07. The lowest BCUT2D eigenvalue weighted by Crippen LogP contribution is -2.08. The molecular weight excluding hydrogens is 208 g/mol. The summed E-state index contributed by atoms with van der Waals surface area (Å²) in [6.07, 6.45) is 6.77. The summed E-state index contributed by atoms with van der Waals surface area (Å²) >= 11 is 0. The van der Waals surface area contributed by atoms with E-state index in [4.69, 9.17) is 0 Å². The smallest absolute Gasteiger partial charge is 0.0830 e. The predicted octanol–water partition coefficient (Wildman–Crippen LogP) is 4.76. The maximum Gasteiger partial charge on any atom is 0.0830 e. The molecule has 17 heavy (non-hydrogen) atoms. The summed E-state index contributed by atoms with van der Waals surface area (Å²) in [6.45, 7) is 8.57. The van der Waals surface area contributed by atoms with E-state index in [1.54, 1.807) is 0 Å². The highest BCUT2D eigenvalue weighted by molar-refractivity contribution is 5.10. The van der Waals surface area contributed by atoms with E-state index in [0.717, 1.165) is 50.5 Å². The lowest BCUT2D eigenvalue weighted by atomic mass is 10.0. The summed E-state index contributed by atoms with van der Waals surface area (Å²) in [4.78, 5) is 0. The third kappa shape index (κ3) is 7.23. The lowest BCUT2D eigenvalue weighted by Gasteiger charge is -2.10. The van der Waals surface area contributed by atoms with Crippen molar-refractivity contribution in [2.24, 2.45) is 0 Å². The average Bonchev–Trinajstić information content (AvgIpc) is 2.32. The van der Waals surface area contributed by atoms with Gasteiger partial charge in [0.2, 0.25) is 0 Å². The summed E-state index contributed by atoms with van der Waals surface area (Å²) in [5.41, 5.74) is 8.82. The van der Waals surface area contributed by atoms with E-state index in [-0.39, 0.29) is 6.10 Å². The van der Waals surface area contributed by atoms with Crippen molar-refractivity contribution in [2.75, 3.05) is 0 Å². The molecule has 0 aliphatic heterocycles. The fourth-order valence-corrected chi connectivity index (χ4v) is 1.83. The molecule has 0 radical (unpaired) electrons. The molecule has 1 heteroatoms. The summed E-state index contributed by atoms with van der Waals surface area (Å²) < 4.78 is 0. The first kappa shape index (κ1) is 16.3. The van der Waals surface area contributed by atoms with E-state index in [1.807, 2.05) is 0 Å². The van der Waals surface area contributed by atoms with Crippen molar-refractivity contribution >= 4 is 0 Å². The fraction of sp³-hybridized carbons (Fsp3) is 0.750. The van der Waals surface area contributed by atoms with Crippen molar-refractivity contribution < 1.29 is 5.11 Å². The Labute approximate surface area is 107 Å². The first-order chi connectivity index (χ1) is 8.19. The van der Waals surface area contributed by atoms with Crippen molar-refractivity contribution in [1.29, 1.82) is 0 Å². The van der Waals surface area contributed by atoms with Gasteiger partial charge in [0.1, 0.15) is 0 Å². The van der Waals surface area contributed by atoms with Gasteiger partial charge in [0, 0.05) is 5.57 Å². The lowest BCUT2D eigenvalue weighted by molar-refractivity contribution is 0.195. The standard InChI is InChI=1S/C16H28O/c1-5-9-14(8-4)12-13-15(10-6-2)16(17)11-7-3/h16-17H,5-11H2,1-4H3. The molecule has 0 bridgehead atoms. The van der Waals surface area contributed by atoms with Crippen LogP contribution in [0, 0.1) is 0 Å². The third-order valence-electron chi connectivity index (χ3n) is 2.86. The van der Waals surface area contributed by atoms with E-state index >= 15 is 0 Å². The number of aliphatic hydroxyl groups excluding tert-OH is 1. The Morgan fingerprint density at radius 3 is 2.06 bits per heavy atom. The molecule has 0 aliphatic carbocycles. The van der Waals surface area contributed by atoms with Gasteiger partial charge in [-0.2, -0.15) is 0 Å². The topological polar surface area (TPSA) is 20.2 Å². The summed E-state index contributed by atoms with van der Waals surface area (Å²) in [6, 6.07) is 0. The normalized spacial score (nSPS) is 11.6. The molecule has 0 amide bonds. The zero-order valence-electron chi connectivity index (χ0n) is 12.0. The molecular formula is C16H28O. The minimum absolute atomic E-state index is 0.327. The molecule has 0 spiro atoms. The quantitative estimate of drug-likeness (QED) is 0.602. The van der Waals surface area contributed by atoms with Crippen LogP contribution in [-0.2, 0) is 0 Å². The highest BCUT2D eigenvalue weighted by atomic mass is 16.3. The van der Waals surface area contributed by atoms with Crippen LogP contribution in [-0.4, -0.2) is 11.2 Å². The van der Waals surface area contributed by atoms with Gasteiger partial charge in [-0.1, -0.05) is 58.4 Å². The third-order valence-corrected chi connectivity index (χ3v) is 2.86. The zero-order valence-corrected chi connectivity index (χ0v) is 12.0. The molecule has 0 aromatic heterocycles. The van der Waals surface area contributed by atoms with Crippen LogP contribution in [0.4, 0.5) is 0 Å². The molecule has 0 aromatic rings. The summed E-state index contributed by atoms with van der Waals surface area (Å²) in [5.74, 6) is 0. The van der Waals surface area contributed by atoms with Crippen molar-refractivity contribution in [2.45, 2.75) is 78.7 Å². The van der Waals surface area contributed by atoms with Gasteiger partial charge in [-0.25, -0.2) is 0 Å². The van der Waals surface area contributed by atoms with Crippen molar-refractivity contribution in [1.82, 2.24) is 0 Å².